The highest BCUT2D eigenvalue weighted by Crippen LogP contribution is 2.27. The molecule has 1 amide bonds. The molecule has 1 heterocycles. The van der Waals surface area contributed by atoms with Crippen molar-refractivity contribution in [3.63, 3.8) is 0 Å². The van der Waals surface area contributed by atoms with Gasteiger partial charge in [0.1, 0.15) is 0 Å². The van der Waals surface area contributed by atoms with E-state index in [1.54, 1.807) is 29.5 Å². The van der Waals surface area contributed by atoms with Gasteiger partial charge in [-0.15, -0.1) is 11.3 Å². The lowest BCUT2D eigenvalue weighted by Crippen LogP contribution is -2.36. The number of carbonyl (C=O) groups excluding carboxylic acids is 1. The molecule has 5 heteroatoms. The van der Waals surface area contributed by atoms with Crippen LogP contribution >= 0.6 is 22.9 Å². The molecule has 3 N–H and O–H groups in total. The van der Waals surface area contributed by atoms with E-state index < -0.39 is 0 Å². The van der Waals surface area contributed by atoms with E-state index in [1.165, 1.54) is 4.88 Å². The number of halogens is 1. The lowest BCUT2D eigenvalue weighted by Gasteiger charge is -2.23. The molecule has 0 aliphatic heterocycles. The Bertz CT molecular complexity index is 608. The molecule has 0 aliphatic rings. The molecule has 1 aromatic heterocycles. The van der Waals surface area contributed by atoms with Crippen LogP contribution in [0.1, 0.15) is 29.1 Å². The van der Waals surface area contributed by atoms with Crippen molar-refractivity contribution in [2.45, 2.75) is 19.3 Å². The summed E-state index contributed by atoms with van der Waals surface area (Å²) in [4.78, 5) is 13.4. The molecule has 0 fully saturated rings. The summed E-state index contributed by atoms with van der Waals surface area (Å²) < 4.78 is 0. The van der Waals surface area contributed by atoms with E-state index in [0.29, 0.717) is 22.8 Å². The average Bonchev–Trinajstić information content (AvgIpc) is 2.94. The summed E-state index contributed by atoms with van der Waals surface area (Å²) in [6, 6.07) is 9.16. The zero-order chi connectivity index (χ0) is 14.8. The highest BCUT2D eigenvalue weighted by Gasteiger charge is 2.23. The molecule has 0 unspecified atom stereocenters. The first-order chi connectivity index (χ1) is 9.42. The smallest absolute Gasteiger partial charge is 0.252 e. The Morgan fingerprint density at radius 1 is 1.35 bits per heavy atom. The lowest BCUT2D eigenvalue weighted by molar-refractivity contribution is 0.0946. The largest absolute Gasteiger partial charge is 0.398 e. The first-order valence-corrected chi connectivity index (χ1v) is 7.54. The summed E-state index contributed by atoms with van der Waals surface area (Å²) >= 11 is 7.74. The maximum atomic E-state index is 12.2. The molecule has 2 rings (SSSR count). The summed E-state index contributed by atoms with van der Waals surface area (Å²) in [5.74, 6) is -0.202. The normalized spacial score (nSPS) is 11.3. The van der Waals surface area contributed by atoms with Crippen LogP contribution in [0.15, 0.2) is 35.7 Å². The third kappa shape index (κ3) is 3.14. The van der Waals surface area contributed by atoms with Crippen LogP contribution in [-0.2, 0) is 5.41 Å². The van der Waals surface area contributed by atoms with Gasteiger partial charge in [0.25, 0.3) is 5.91 Å². The number of nitrogens with one attached hydrogen (secondary N) is 1. The number of nitrogen functional groups attached to an aromatic ring is 1. The second-order valence-electron chi connectivity index (χ2n) is 5.25. The van der Waals surface area contributed by atoms with Crippen molar-refractivity contribution >= 4 is 34.5 Å². The number of hydrogen-bond acceptors (Lipinski definition) is 3. The molecule has 0 aliphatic carbocycles. The Balaban J connectivity index is 2.08. The minimum absolute atomic E-state index is 0.114. The predicted molar refractivity (Wildman–Crippen MR) is 85.5 cm³/mol. The van der Waals surface area contributed by atoms with Gasteiger partial charge in [-0.1, -0.05) is 37.6 Å². The minimum Gasteiger partial charge on any atom is -0.398 e. The molecular weight excluding hydrogens is 292 g/mol. The summed E-state index contributed by atoms with van der Waals surface area (Å²) in [7, 11) is 0. The first-order valence-electron chi connectivity index (χ1n) is 6.28. The SMILES string of the molecule is CC(C)(CNC(=O)c1cccc(N)c1Cl)c1cccs1. The fraction of sp³-hybridized carbons (Fsp3) is 0.267. The Labute approximate surface area is 127 Å². The fourth-order valence-corrected chi connectivity index (χ4v) is 2.94. The monoisotopic (exact) mass is 308 g/mol. The van der Waals surface area contributed by atoms with Gasteiger partial charge in [0.2, 0.25) is 0 Å². The van der Waals surface area contributed by atoms with Gasteiger partial charge in [0.05, 0.1) is 16.3 Å². The lowest BCUT2D eigenvalue weighted by atomic mass is 9.91. The summed E-state index contributed by atoms with van der Waals surface area (Å²) in [6.45, 7) is 4.73. The third-order valence-corrected chi connectivity index (χ3v) is 4.81. The van der Waals surface area contributed by atoms with Crippen LogP contribution < -0.4 is 11.1 Å². The molecule has 3 nitrogen and oxygen atoms in total. The van der Waals surface area contributed by atoms with Crippen LogP contribution in [0.3, 0.4) is 0 Å². The van der Waals surface area contributed by atoms with Crippen molar-refractivity contribution in [3.05, 3.63) is 51.2 Å². The van der Waals surface area contributed by atoms with E-state index in [0.717, 1.165) is 0 Å². The van der Waals surface area contributed by atoms with Crippen molar-refractivity contribution in [1.82, 2.24) is 5.32 Å². The molecule has 0 saturated carbocycles. The van der Waals surface area contributed by atoms with E-state index in [9.17, 15) is 4.79 Å². The zero-order valence-electron chi connectivity index (χ0n) is 11.4. The molecule has 0 atom stereocenters. The second-order valence-corrected chi connectivity index (χ2v) is 6.58. The van der Waals surface area contributed by atoms with Gasteiger partial charge in [0.15, 0.2) is 0 Å². The van der Waals surface area contributed by atoms with Crippen molar-refractivity contribution in [2.24, 2.45) is 0 Å². The first kappa shape index (κ1) is 14.9. The Morgan fingerprint density at radius 3 is 2.75 bits per heavy atom. The number of hydrogen-bond donors (Lipinski definition) is 2. The maximum absolute atomic E-state index is 12.2. The molecule has 1 aromatic carbocycles. The van der Waals surface area contributed by atoms with Crippen LogP contribution in [0.2, 0.25) is 5.02 Å². The maximum Gasteiger partial charge on any atom is 0.252 e. The van der Waals surface area contributed by atoms with Crippen molar-refractivity contribution < 1.29 is 4.79 Å². The summed E-state index contributed by atoms with van der Waals surface area (Å²) in [5.41, 5.74) is 6.42. The topological polar surface area (TPSA) is 55.1 Å². The number of carbonyl (C=O) groups is 1. The molecule has 2 aromatic rings. The number of thiophene rings is 1. The van der Waals surface area contributed by atoms with Crippen molar-refractivity contribution in [1.29, 1.82) is 0 Å². The third-order valence-electron chi connectivity index (χ3n) is 3.15. The van der Waals surface area contributed by atoms with E-state index in [4.69, 9.17) is 17.3 Å². The Kier molecular flexibility index (Phi) is 4.35. The average molecular weight is 309 g/mol. The van der Waals surface area contributed by atoms with Crippen LogP contribution in [0.4, 0.5) is 5.69 Å². The second kappa shape index (κ2) is 5.85. The zero-order valence-corrected chi connectivity index (χ0v) is 13.0. The number of nitrogens with two attached hydrogens (primary N) is 1. The van der Waals surface area contributed by atoms with Gasteiger partial charge < -0.3 is 11.1 Å². The standard InChI is InChI=1S/C15H17ClN2OS/c1-15(2,12-7-4-8-20-12)9-18-14(19)10-5-3-6-11(17)13(10)16/h3-8H,9,17H2,1-2H3,(H,18,19). The van der Waals surface area contributed by atoms with Gasteiger partial charge in [-0.25, -0.2) is 0 Å². The molecule has 106 valence electrons. The summed E-state index contributed by atoms with van der Waals surface area (Å²) in [5, 5.41) is 5.26. The highest BCUT2D eigenvalue weighted by atomic mass is 35.5. The highest BCUT2D eigenvalue weighted by molar-refractivity contribution is 7.10. The summed E-state index contributed by atoms with van der Waals surface area (Å²) in [6.07, 6.45) is 0. The van der Waals surface area contributed by atoms with Gasteiger partial charge >= 0.3 is 0 Å². The number of rotatable bonds is 4. The Hall–Kier alpha value is -1.52. The Morgan fingerprint density at radius 2 is 2.10 bits per heavy atom. The number of benzene rings is 1. The fourth-order valence-electron chi connectivity index (χ4n) is 1.87. The van der Waals surface area contributed by atoms with Crippen LogP contribution in [0, 0.1) is 0 Å². The molecule has 20 heavy (non-hydrogen) atoms. The van der Waals surface area contributed by atoms with E-state index in [-0.39, 0.29) is 11.3 Å². The predicted octanol–water partition coefficient (Wildman–Crippen LogP) is 3.69. The van der Waals surface area contributed by atoms with Gasteiger partial charge in [-0.2, -0.15) is 0 Å². The van der Waals surface area contributed by atoms with Crippen LogP contribution in [0.5, 0.6) is 0 Å². The molecule has 0 saturated heterocycles. The molecule has 0 radical (unpaired) electrons. The van der Waals surface area contributed by atoms with Crippen molar-refractivity contribution in [3.8, 4) is 0 Å². The van der Waals surface area contributed by atoms with Crippen LogP contribution in [0.25, 0.3) is 0 Å². The quantitative estimate of drug-likeness (QED) is 0.846. The van der Waals surface area contributed by atoms with E-state index in [1.807, 2.05) is 11.4 Å². The van der Waals surface area contributed by atoms with Crippen LogP contribution in [-0.4, -0.2) is 12.5 Å². The van der Waals surface area contributed by atoms with Gasteiger partial charge in [-0.05, 0) is 23.6 Å². The van der Waals surface area contributed by atoms with E-state index >= 15 is 0 Å². The molecular formula is C15H17ClN2OS. The number of amides is 1. The minimum atomic E-state index is -0.202. The van der Waals surface area contributed by atoms with Gasteiger partial charge in [-0.3, -0.25) is 4.79 Å². The molecule has 0 bridgehead atoms. The van der Waals surface area contributed by atoms with E-state index in [2.05, 4.69) is 25.2 Å². The van der Waals surface area contributed by atoms with Gasteiger partial charge in [0, 0.05) is 16.8 Å². The van der Waals surface area contributed by atoms with Crippen molar-refractivity contribution in [2.75, 3.05) is 12.3 Å². The number of anilines is 1. The molecule has 0 spiro atoms.